The minimum absolute atomic E-state index is 0.325. The quantitative estimate of drug-likeness (QED) is 0.799. The summed E-state index contributed by atoms with van der Waals surface area (Å²) < 4.78 is 15.9. The predicted octanol–water partition coefficient (Wildman–Crippen LogP) is 1.62. The Hall–Kier alpha value is -1.42. The lowest BCUT2D eigenvalue weighted by Gasteiger charge is -2.12. The summed E-state index contributed by atoms with van der Waals surface area (Å²) in [6, 6.07) is 6.33. The molecule has 80 valence electrons. The number of rotatable bonds is 2. The molecule has 15 heavy (non-hydrogen) atoms. The van der Waals surface area contributed by atoms with E-state index in [1.807, 2.05) is 18.2 Å². The molecule has 1 unspecified atom stereocenters. The lowest BCUT2D eigenvalue weighted by Crippen LogP contribution is -2.18. The van der Waals surface area contributed by atoms with Crippen LogP contribution >= 0.6 is 0 Å². The average Bonchev–Trinajstić information content (AvgIpc) is 2.87. The van der Waals surface area contributed by atoms with Crippen LogP contribution < -0.4 is 14.8 Å². The van der Waals surface area contributed by atoms with E-state index in [0.29, 0.717) is 12.8 Å². The van der Waals surface area contributed by atoms with E-state index in [0.717, 1.165) is 36.8 Å². The molecule has 0 bridgehead atoms. The summed E-state index contributed by atoms with van der Waals surface area (Å²) in [5.41, 5.74) is 1.06. The van der Waals surface area contributed by atoms with Gasteiger partial charge in [0.05, 0.1) is 12.6 Å². The highest BCUT2D eigenvalue weighted by Crippen LogP contribution is 2.34. The molecule has 1 atom stereocenters. The highest BCUT2D eigenvalue weighted by Gasteiger charge is 2.17. The summed E-state index contributed by atoms with van der Waals surface area (Å²) in [7, 11) is 0. The lowest BCUT2D eigenvalue weighted by molar-refractivity contribution is 0.174. The molecule has 3 rings (SSSR count). The van der Waals surface area contributed by atoms with Crippen molar-refractivity contribution in [3.63, 3.8) is 0 Å². The van der Waals surface area contributed by atoms with Gasteiger partial charge in [-0.15, -0.1) is 0 Å². The maximum Gasteiger partial charge on any atom is 0.231 e. The van der Waals surface area contributed by atoms with Crippen LogP contribution in [0.15, 0.2) is 18.2 Å². The van der Waals surface area contributed by atoms with Gasteiger partial charge in [0.2, 0.25) is 6.79 Å². The van der Waals surface area contributed by atoms with Crippen LogP contribution in [-0.4, -0.2) is 26.0 Å². The van der Waals surface area contributed by atoms with Crippen LogP contribution in [0.4, 0.5) is 5.69 Å². The molecule has 0 amide bonds. The summed E-state index contributed by atoms with van der Waals surface area (Å²) in [5.74, 6) is 1.64. The first-order chi connectivity index (χ1) is 7.42. The summed E-state index contributed by atoms with van der Waals surface area (Å²) in [6.45, 7) is 1.96. The topological polar surface area (TPSA) is 39.7 Å². The zero-order valence-corrected chi connectivity index (χ0v) is 8.36. The average molecular weight is 207 g/mol. The van der Waals surface area contributed by atoms with Gasteiger partial charge in [0.15, 0.2) is 11.5 Å². The van der Waals surface area contributed by atoms with Crippen molar-refractivity contribution < 1.29 is 14.2 Å². The van der Waals surface area contributed by atoms with Crippen LogP contribution in [0, 0.1) is 0 Å². The fraction of sp³-hybridized carbons (Fsp3) is 0.455. The van der Waals surface area contributed by atoms with Gasteiger partial charge in [0.25, 0.3) is 0 Å². The minimum Gasteiger partial charge on any atom is -0.454 e. The number of benzene rings is 1. The number of ether oxygens (including phenoxy) is 3. The normalized spacial score (nSPS) is 23.1. The van der Waals surface area contributed by atoms with Gasteiger partial charge < -0.3 is 19.5 Å². The first-order valence-corrected chi connectivity index (χ1v) is 5.16. The second kappa shape index (κ2) is 3.62. The molecular formula is C11H13NO3. The van der Waals surface area contributed by atoms with Crippen LogP contribution in [0.25, 0.3) is 0 Å². The van der Waals surface area contributed by atoms with Gasteiger partial charge in [0, 0.05) is 18.4 Å². The molecule has 4 heteroatoms. The zero-order valence-electron chi connectivity index (χ0n) is 8.36. The first kappa shape index (κ1) is 8.85. The van der Waals surface area contributed by atoms with Gasteiger partial charge in [-0.1, -0.05) is 0 Å². The first-order valence-electron chi connectivity index (χ1n) is 5.16. The van der Waals surface area contributed by atoms with Crippen molar-refractivity contribution in [2.75, 3.05) is 25.3 Å². The molecule has 1 fully saturated rings. The third-order valence-corrected chi connectivity index (χ3v) is 2.67. The van der Waals surface area contributed by atoms with Crippen molar-refractivity contribution in [2.24, 2.45) is 0 Å². The van der Waals surface area contributed by atoms with E-state index in [1.165, 1.54) is 0 Å². The molecule has 1 N–H and O–H groups in total. The Morgan fingerprint density at radius 1 is 1.20 bits per heavy atom. The molecule has 0 aliphatic carbocycles. The van der Waals surface area contributed by atoms with E-state index >= 15 is 0 Å². The minimum atomic E-state index is 0.325. The molecule has 1 saturated heterocycles. The Labute approximate surface area is 88.1 Å². The monoisotopic (exact) mass is 207 g/mol. The van der Waals surface area contributed by atoms with Crippen LogP contribution in [0.2, 0.25) is 0 Å². The fourth-order valence-electron chi connectivity index (χ4n) is 1.87. The molecule has 2 aliphatic rings. The van der Waals surface area contributed by atoms with Gasteiger partial charge in [-0.3, -0.25) is 0 Å². The molecule has 1 aromatic rings. The second-order valence-corrected chi connectivity index (χ2v) is 3.77. The van der Waals surface area contributed by atoms with E-state index in [1.54, 1.807) is 0 Å². The predicted molar refractivity (Wildman–Crippen MR) is 55.4 cm³/mol. The van der Waals surface area contributed by atoms with Crippen molar-refractivity contribution in [1.82, 2.24) is 0 Å². The highest BCUT2D eigenvalue weighted by molar-refractivity contribution is 5.56. The van der Waals surface area contributed by atoms with Crippen LogP contribution in [-0.2, 0) is 4.74 Å². The SMILES string of the molecule is c1cc2c(cc1NC1CCOC1)OCO2. The Kier molecular flexibility index (Phi) is 2.14. The number of nitrogens with one attached hydrogen (secondary N) is 1. The van der Waals surface area contributed by atoms with Gasteiger partial charge in [-0.25, -0.2) is 0 Å². The molecule has 0 saturated carbocycles. The van der Waals surface area contributed by atoms with E-state index in [4.69, 9.17) is 14.2 Å². The third kappa shape index (κ3) is 1.72. The largest absolute Gasteiger partial charge is 0.454 e. The maximum atomic E-state index is 5.31. The number of fused-ring (bicyclic) bond motifs is 1. The molecule has 4 nitrogen and oxygen atoms in total. The van der Waals surface area contributed by atoms with Crippen LogP contribution in [0.5, 0.6) is 11.5 Å². The summed E-state index contributed by atoms with van der Waals surface area (Å²) in [6.07, 6.45) is 1.06. The third-order valence-electron chi connectivity index (χ3n) is 2.67. The van der Waals surface area contributed by atoms with Gasteiger partial charge >= 0.3 is 0 Å². The zero-order chi connectivity index (χ0) is 10.1. The van der Waals surface area contributed by atoms with Crippen molar-refractivity contribution in [3.05, 3.63) is 18.2 Å². The van der Waals surface area contributed by atoms with Gasteiger partial charge in [0.1, 0.15) is 0 Å². The lowest BCUT2D eigenvalue weighted by atomic mass is 10.2. The van der Waals surface area contributed by atoms with E-state index in [-0.39, 0.29) is 0 Å². The fourth-order valence-corrected chi connectivity index (χ4v) is 1.87. The van der Waals surface area contributed by atoms with Crippen LogP contribution in [0.1, 0.15) is 6.42 Å². The van der Waals surface area contributed by atoms with E-state index in [9.17, 15) is 0 Å². The Morgan fingerprint density at radius 2 is 2.13 bits per heavy atom. The molecule has 1 aromatic carbocycles. The molecule has 0 radical (unpaired) electrons. The van der Waals surface area contributed by atoms with Crippen molar-refractivity contribution >= 4 is 5.69 Å². The number of anilines is 1. The Bertz CT molecular complexity index is 361. The maximum absolute atomic E-state index is 5.31. The molecule has 2 heterocycles. The number of hydrogen-bond donors (Lipinski definition) is 1. The van der Waals surface area contributed by atoms with Crippen molar-refractivity contribution in [3.8, 4) is 11.5 Å². The smallest absolute Gasteiger partial charge is 0.231 e. The van der Waals surface area contributed by atoms with E-state index in [2.05, 4.69) is 5.32 Å². The highest BCUT2D eigenvalue weighted by atomic mass is 16.7. The molecule has 2 aliphatic heterocycles. The summed E-state index contributed by atoms with van der Waals surface area (Å²) in [4.78, 5) is 0. The van der Waals surface area contributed by atoms with Gasteiger partial charge in [-0.05, 0) is 18.6 Å². The standard InChI is InChI=1S/C11H13NO3/c1-2-10-11(15-7-14-10)5-8(1)12-9-3-4-13-6-9/h1-2,5,9,12H,3-4,6-7H2. The van der Waals surface area contributed by atoms with E-state index < -0.39 is 0 Å². The number of hydrogen-bond acceptors (Lipinski definition) is 4. The van der Waals surface area contributed by atoms with Crippen LogP contribution in [0.3, 0.4) is 0 Å². The second-order valence-electron chi connectivity index (χ2n) is 3.77. The summed E-state index contributed by atoms with van der Waals surface area (Å²) in [5, 5.41) is 3.41. The molecular weight excluding hydrogens is 194 g/mol. The summed E-state index contributed by atoms with van der Waals surface area (Å²) >= 11 is 0. The van der Waals surface area contributed by atoms with Crippen molar-refractivity contribution in [1.29, 1.82) is 0 Å². The van der Waals surface area contributed by atoms with Crippen molar-refractivity contribution in [2.45, 2.75) is 12.5 Å². The molecule has 0 aromatic heterocycles. The molecule has 0 spiro atoms. The van der Waals surface area contributed by atoms with Gasteiger partial charge in [-0.2, -0.15) is 0 Å². The Balaban J connectivity index is 1.75. The Morgan fingerprint density at radius 3 is 3.00 bits per heavy atom.